The lowest BCUT2D eigenvalue weighted by atomic mass is 10.1. The lowest BCUT2D eigenvalue weighted by Gasteiger charge is -2.21. The SMILES string of the molecule is Cc1cc(C(=O)N2CCCN(C(=O)Cc3c[nH]c4ccccc34)CC2)no1. The monoisotopic (exact) mass is 366 g/mol. The van der Waals surface area contributed by atoms with Crippen LogP contribution in [0.2, 0.25) is 0 Å². The summed E-state index contributed by atoms with van der Waals surface area (Å²) in [5.41, 5.74) is 2.37. The fourth-order valence-corrected chi connectivity index (χ4v) is 3.55. The van der Waals surface area contributed by atoms with Crippen molar-refractivity contribution in [3.63, 3.8) is 0 Å². The number of nitrogens with zero attached hydrogens (tertiary/aromatic N) is 3. The third-order valence-electron chi connectivity index (χ3n) is 5.00. The predicted octanol–water partition coefficient (Wildman–Crippen LogP) is 2.38. The van der Waals surface area contributed by atoms with Crippen LogP contribution in [0.3, 0.4) is 0 Å². The normalized spacial score (nSPS) is 15.1. The second kappa shape index (κ2) is 7.26. The van der Waals surface area contributed by atoms with Crippen molar-refractivity contribution < 1.29 is 14.1 Å². The number of nitrogens with one attached hydrogen (secondary N) is 1. The van der Waals surface area contributed by atoms with Gasteiger partial charge in [-0.3, -0.25) is 9.59 Å². The molecule has 0 spiro atoms. The second-order valence-electron chi connectivity index (χ2n) is 6.89. The first kappa shape index (κ1) is 17.3. The molecule has 4 rings (SSSR count). The maximum Gasteiger partial charge on any atom is 0.276 e. The van der Waals surface area contributed by atoms with Crippen LogP contribution in [0.25, 0.3) is 10.9 Å². The van der Waals surface area contributed by atoms with Crippen LogP contribution in [0.15, 0.2) is 41.1 Å². The van der Waals surface area contributed by atoms with E-state index >= 15 is 0 Å². The Labute approximate surface area is 156 Å². The largest absolute Gasteiger partial charge is 0.361 e. The Hall–Kier alpha value is -3.09. The van der Waals surface area contributed by atoms with Crippen LogP contribution in [0.5, 0.6) is 0 Å². The van der Waals surface area contributed by atoms with Gasteiger partial charge in [0.1, 0.15) is 5.76 Å². The minimum atomic E-state index is -0.141. The number of aromatic amines is 1. The smallest absolute Gasteiger partial charge is 0.276 e. The number of hydrogen-bond acceptors (Lipinski definition) is 4. The molecule has 2 amide bonds. The standard InChI is InChI=1S/C20H22N4O3/c1-14-11-18(22-27-14)20(26)24-8-4-7-23(9-10-24)19(25)12-15-13-21-17-6-3-2-5-16(15)17/h2-3,5-6,11,13,21H,4,7-10,12H2,1H3. The third kappa shape index (κ3) is 3.58. The summed E-state index contributed by atoms with van der Waals surface area (Å²) in [5.74, 6) is 0.563. The summed E-state index contributed by atoms with van der Waals surface area (Å²) < 4.78 is 5.00. The molecule has 3 aromatic rings. The van der Waals surface area contributed by atoms with Crippen molar-refractivity contribution in [3.05, 3.63) is 53.5 Å². The molecule has 27 heavy (non-hydrogen) atoms. The number of hydrogen-bond donors (Lipinski definition) is 1. The van der Waals surface area contributed by atoms with Crippen molar-refractivity contribution in [1.29, 1.82) is 0 Å². The molecular formula is C20H22N4O3. The van der Waals surface area contributed by atoms with Gasteiger partial charge in [0, 0.05) is 49.3 Å². The van der Waals surface area contributed by atoms with Gasteiger partial charge in [-0.15, -0.1) is 0 Å². The minimum absolute atomic E-state index is 0.0892. The molecule has 1 fully saturated rings. The number of carbonyl (C=O) groups is 2. The molecule has 1 aliphatic rings. The highest BCUT2D eigenvalue weighted by Gasteiger charge is 2.25. The summed E-state index contributed by atoms with van der Waals surface area (Å²) in [6, 6.07) is 9.63. The molecule has 1 aromatic carbocycles. The predicted molar refractivity (Wildman–Crippen MR) is 100 cm³/mol. The van der Waals surface area contributed by atoms with E-state index in [4.69, 9.17) is 4.52 Å². The lowest BCUT2D eigenvalue weighted by molar-refractivity contribution is -0.130. The summed E-state index contributed by atoms with van der Waals surface area (Å²) in [6.45, 7) is 4.07. The zero-order valence-electron chi connectivity index (χ0n) is 15.3. The lowest BCUT2D eigenvalue weighted by Crippen LogP contribution is -2.38. The Morgan fingerprint density at radius 2 is 1.93 bits per heavy atom. The van der Waals surface area contributed by atoms with E-state index in [1.165, 1.54) is 0 Å². The number of aromatic nitrogens is 2. The molecule has 7 heteroatoms. The summed E-state index contributed by atoms with van der Waals surface area (Å²) in [5, 5.41) is 4.89. The number of carbonyl (C=O) groups excluding carboxylic acids is 2. The van der Waals surface area contributed by atoms with Gasteiger partial charge in [0.25, 0.3) is 5.91 Å². The quantitative estimate of drug-likeness (QED) is 0.772. The Bertz CT molecular complexity index is 974. The van der Waals surface area contributed by atoms with Crippen molar-refractivity contribution in [2.75, 3.05) is 26.2 Å². The van der Waals surface area contributed by atoms with E-state index < -0.39 is 0 Å². The Morgan fingerprint density at radius 3 is 2.74 bits per heavy atom. The number of para-hydroxylation sites is 1. The van der Waals surface area contributed by atoms with Gasteiger partial charge in [0.05, 0.1) is 6.42 Å². The fraction of sp³-hybridized carbons (Fsp3) is 0.350. The van der Waals surface area contributed by atoms with E-state index in [9.17, 15) is 9.59 Å². The van der Waals surface area contributed by atoms with Crippen LogP contribution in [0, 0.1) is 6.92 Å². The van der Waals surface area contributed by atoms with Crippen molar-refractivity contribution in [3.8, 4) is 0 Å². The van der Waals surface area contributed by atoms with Crippen LogP contribution in [0.1, 0.15) is 28.2 Å². The summed E-state index contributed by atoms with van der Waals surface area (Å²) in [6.07, 6.45) is 3.02. The first-order chi connectivity index (χ1) is 13.1. The molecule has 1 saturated heterocycles. The molecule has 7 nitrogen and oxygen atoms in total. The molecular weight excluding hydrogens is 344 g/mol. The topological polar surface area (TPSA) is 82.4 Å². The maximum absolute atomic E-state index is 12.8. The van der Waals surface area contributed by atoms with Crippen LogP contribution in [-0.2, 0) is 11.2 Å². The van der Waals surface area contributed by atoms with E-state index in [-0.39, 0.29) is 11.8 Å². The van der Waals surface area contributed by atoms with E-state index in [0.29, 0.717) is 44.1 Å². The second-order valence-corrected chi connectivity index (χ2v) is 6.89. The summed E-state index contributed by atoms with van der Waals surface area (Å²) in [4.78, 5) is 32.1. The first-order valence-corrected chi connectivity index (χ1v) is 9.17. The number of benzene rings is 1. The molecule has 1 N–H and O–H groups in total. The van der Waals surface area contributed by atoms with Crippen LogP contribution < -0.4 is 0 Å². The highest BCUT2D eigenvalue weighted by atomic mass is 16.5. The molecule has 2 aromatic heterocycles. The first-order valence-electron chi connectivity index (χ1n) is 9.17. The van der Waals surface area contributed by atoms with Crippen molar-refractivity contribution >= 4 is 22.7 Å². The van der Waals surface area contributed by atoms with Gasteiger partial charge >= 0.3 is 0 Å². The molecule has 0 atom stereocenters. The van der Waals surface area contributed by atoms with Gasteiger partial charge in [0.15, 0.2) is 5.69 Å². The Morgan fingerprint density at radius 1 is 1.15 bits per heavy atom. The molecule has 1 aliphatic heterocycles. The number of H-pyrrole nitrogens is 1. The number of amides is 2. The zero-order chi connectivity index (χ0) is 18.8. The van der Waals surface area contributed by atoms with Crippen molar-refractivity contribution in [2.24, 2.45) is 0 Å². The van der Waals surface area contributed by atoms with E-state index in [1.807, 2.05) is 35.4 Å². The number of rotatable bonds is 3. The maximum atomic E-state index is 12.8. The van der Waals surface area contributed by atoms with Crippen molar-refractivity contribution in [1.82, 2.24) is 19.9 Å². The van der Waals surface area contributed by atoms with Gasteiger partial charge in [-0.05, 0) is 25.0 Å². The van der Waals surface area contributed by atoms with Gasteiger partial charge < -0.3 is 19.3 Å². The number of aryl methyl sites for hydroxylation is 1. The molecule has 0 radical (unpaired) electrons. The number of fused-ring (bicyclic) bond motifs is 1. The molecule has 0 bridgehead atoms. The van der Waals surface area contributed by atoms with Crippen LogP contribution >= 0.6 is 0 Å². The average molecular weight is 366 g/mol. The van der Waals surface area contributed by atoms with E-state index in [2.05, 4.69) is 10.1 Å². The molecule has 0 aliphatic carbocycles. The third-order valence-corrected chi connectivity index (χ3v) is 5.00. The Kier molecular flexibility index (Phi) is 4.66. The summed E-state index contributed by atoms with van der Waals surface area (Å²) in [7, 11) is 0. The van der Waals surface area contributed by atoms with Gasteiger partial charge in [0.2, 0.25) is 5.91 Å². The zero-order valence-corrected chi connectivity index (χ0v) is 15.3. The molecule has 3 heterocycles. The van der Waals surface area contributed by atoms with Crippen LogP contribution in [-0.4, -0.2) is 57.9 Å². The summed E-state index contributed by atoms with van der Waals surface area (Å²) >= 11 is 0. The average Bonchev–Trinajstić information content (AvgIpc) is 3.20. The molecule has 140 valence electrons. The van der Waals surface area contributed by atoms with Crippen molar-refractivity contribution in [2.45, 2.75) is 19.8 Å². The van der Waals surface area contributed by atoms with E-state index in [1.54, 1.807) is 17.9 Å². The van der Waals surface area contributed by atoms with Crippen LogP contribution in [0.4, 0.5) is 0 Å². The minimum Gasteiger partial charge on any atom is -0.361 e. The van der Waals surface area contributed by atoms with Gasteiger partial charge in [-0.1, -0.05) is 23.4 Å². The molecule has 0 saturated carbocycles. The van der Waals surface area contributed by atoms with Gasteiger partial charge in [-0.25, -0.2) is 0 Å². The van der Waals surface area contributed by atoms with E-state index in [0.717, 1.165) is 22.9 Å². The van der Waals surface area contributed by atoms with Gasteiger partial charge in [-0.2, -0.15) is 0 Å². The fourth-order valence-electron chi connectivity index (χ4n) is 3.55. The Balaban J connectivity index is 1.40. The molecule has 0 unspecified atom stereocenters. The highest BCUT2D eigenvalue weighted by Crippen LogP contribution is 2.19. The highest BCUT2D eigenvalue weighted by molar-refractivity contribution is 5.92.